The molecule has 1 atom stereocenters. The van der Waals surface area contributed by atoms with Crippen LogP contribution in [0.5, 0.6) is 0 Å². The minimum absolute atomic E-state index is 0. The van der Waals surface area contributed by atoms with Gasteiger partial charge in [0.05, 0.1) is 5.69 Å². The number of anilines is 1. The van der Waals surface area contributed by atoms with E-state index >= 15 is 0 Å². The van der Waals surface area contributed by atoms with Crippen molar-refractivity contribution in [3.8, 4) is 0 Å². The second-order valence-electron chi connectivity index (χ2n) is 4.90. The van der Waals surface area contributed by atoms with Crippen LogP contribution in [0.2, 0.25) is 0 Å². The van der Waals surface area contributed by atoms with E-state index in [0.29, 0.717) is 5.92 Å². The number of hydrogen-bond donors (Lipinski definition) is 1. The number of piperidine rings is 1. The zero-order valence-electron chi connectivity index (χ0n) is 11.9. The maximum absolute atomic E-state index is 11.0. The lowest BCUT2D eigenvalue weighted by Gasteiger charge is -2.31. The molecular weight excluding hydrogens is 317 g/mol. The Morgan fingerprint density at radius 3 is 2.95 bits per heavy atom. The van der Waals surface area contributed by atoms with Crippen LogP contribution < -0.4 is 5.32 Å². The monoisotopic (exact) mass is 339 g/mol. The van der Waals surface area contributed by atoms with Gasteiger partial charge in [-0.3, -0.25) is 4.79 Å². The van der Waals surface area contributed by atoms with E-state index in [0.717, 1.165) is 17.4 Å². The molecule has 1 aromatic rings. The first-order valence-corrected chi connectivity index (χ1v) is 7.52. The Bertz CT molecular complexity index is 412. The van der Waals surface area contributed by atoms with Crippen LogP contribution in [0.4, 0.5) is 5.13 Å². The number of halogens is 2. The molecule has 1 unspecified atom stereocenters. The van der Waals surface area contributed by atoms with Gasteiger partial charge in [0, 0.05) is 24.8 Å². The quantitative estimate of drug-likeness (QED) is 0.912. The molecule has 2 rings (SSSR count). The molecule has 0 radical (unpaired) electrons. The Morgan fingerprint density at radius 2 is 2.30 bits per heavy atom. The maximum Gasteiger partial charge on any atom is 0.223 e. The van der Waals surface area contributed by atoms with Gasteiger partial charge in [-0.2, -0.15) is 0 Å². The summed E-state index contributed by atoms with van der Waals surface area (Å²) in [6.45, 7) is 7.25. The molecule has 0 spiro atoms. The minimum Gasteiger partial charge on any atom is -0.303 e. The Morgan fingerprint density at radius 1 is 1.55 bits per heavy atom. The molecule has 116 valence electrons. The Hall–Kier alpha value is -0.360. The highest BCUT2D eigenvalue weighted by atomic mass is 35.5. The third-order valence-electron chi connectivity index (χ3n) is 3.27. The fourth-order valence-corrected chi connectivity index (χ4v) is 3.34. The number of hydrogen-bond acceptors (Lipinski definition) is 4. The van der Waals surface area contributed by atoms with Gasteiger partial charge in [0.25, 0.3) is 0 Å². The van der Waals surface area contributed by atoms with E-state index in [4.69, 9.17) is 0 Å². The van der Waals surface area contributed by atoms with Crippen molar-refractivity contribution in [1.82, 2.24) is 9.88 Å². The molecule has 0 aliphatic carbocycles. The summed E-state index contributed by atoms with van der Waals surface area (Å²) in [6, 6.07) is 0. The molecule has 0 aromatic carbocycles. The lowest BCUT2D eigenvalue weighted by atomic mass is 9.95. The van der Waals surface area contributed by atoms with Crippen molar-refractivity contribution in [2.24, 2.45) is 0 Å². The van der Waals surface area contributed by atoms with Gasteiger partial charge in [0.1, 0.15) is 0 Å². The van der Waals surface area contributed by atoms with Crippen molar-refractivity contribution >= 4 is 47.2 Å². The van der Waals surface area contributed by atoms with Crippen LogP contribution in [0.1, 0.15) is 44.7 Å². The number of amides is 1. The summed E-state index contributed by atoms with van der Waals surface area (Å²) in [5.41, 5.74) is 1.14. The number of aromatic nitrogens is 1. The molecule has 0 saturated carbocycles. The second-order valence-corrected chi connectivity index (χ2v) is 5.76. The van der Waals surface area contributed by atoms with Crippen molar-refractivity contribution in [2.75, 3.05) is 25.0 Å². The second kappa shape index (κ2) is 9.55. The van der Waals surface area contributed by atoms with Gasteiger partial charge < -0.3 is 10.2 Å². The van der Waals surface area contributed by atoms with Crippen molar-refractivity contribution in [3.63, 3.8) is 0 Å². The summed E-state index contributed by atoms with van der Waals surface area (Å²) in [7, 11) is 0. The van der Waals surface area contributed by atoms with Crippen molar-refractivity contribution in [3.05, 3.63) is 11.1 Å². The number of likely N-dealkylation sites (tertiary alicyclic amines) is 1. The highest BCUT2D eigenvalue weighted by molar-refractivity contribution is 7.13. The van der Waals surface area contributed by atoms with Gasteiger partial charge in [0.15, 0.2) is 5.13 Å². The van der Waals surface area contributed by atoms with Crippen LogP contribution >= 0.6 is 36.2 Å². The molecular formula is C13H23Cl2N3OS. The van der Waals surface area contributed by atoms with Gasteiger partial charge in [-0.05, 0) is 32.4 Å². The van der Waals surface area contributed by atoms with E-state index < -0.39 is 0 Å². The SMILES string of the molecule is CCCN1CCCC(c2csc(NC(C)=O)n2)C1.Cl.Cl. The van der Waals surface area contributed by atoms with Crippen LogP contribution in [0.3, 0.4) is 0 Å². The van der Waals surface area contributed by atoms with Crippen LogP contribution in [-0.4, -0.2) is 35.4 Å². The van der Waals surface area contributed by atoms with E-state index in [9.17, 15) is 4.79 Å². The molecule has 20 heavy (non-hydrogen) atoms. The van der Waals surface area contributed by atoms with Gasteiger partial charge in [0.2, 0.25) is 5.91 Å². The van der Waals surface area contributed by atoms with E-state index in [1.807, 2.05) is 0 Å². The predicted molar refractivity (Wildman–Crippen MR) is 89.6 cm³/mol. The van der Waals surface area contributed by atoms with E-state index in [2.05, 4.69) is 27.5 Å². The van der Waals surface area contributed by atoms with Gasteiger partial charge in [-0.1, -0.05) is 6.92 Å². The Balaban J connectivity index is 0.00000180. The fourth-order valence-electron chi connectivity index (χ4n) is 2.50. The number of carbonyl (C=O) groups excluding carboxylic acids is 1. The van der Waals surface area contributed by atoms with Gasteiger partial charge in [-0.15, -0.1) is 36.2 Å². The molecule has 1 aromatic heterocycles. The van der Waals surface area contributed by atoms with Crippen LogP contribution in [0.15, 0.2) is 5.38 Å². The molecule has 1 aliphatic rings. The first-order valence-electron chi connectivity index (χ1n) is 6.64. The summed E-state index contributed by atoms with van der Waals surface area (Å²) in [6.07, 6.45) is 3.67. The molecule has 4 nitrogen and oxygen atoms in total. The van der Waals surface area contributed by atoms with Crippen LogP contribution in [0.25, 0.3) is 0 Å². The van der Waals surface area contributed by atoms with Gasteiger partial charge >= 0.3 is 0 Å². The first kappa shape index (κ1) is 19.6. The summed E-state index contributed by atoms with van der Waals surface area (Å²) in [5.74, 6) is 0.483. The molecule has 1 aliphatic heterocycles. The fraction of sp³-hybridized carbons (Fsp3) is 0.692. The van der Waals surface area contributed by atoms with Crippen LogP contribution in [-0.2, 0) is 4.79 Å². The third-order valence-corrected chi connectivity index (χ3v) is 4.04. The zero-order chi connectivity index (χ0) is 13.0. The summed E-state index contributed by atoms with van der Waals surface area (Å²) in [5, 5.41) is 5.57. The Labute approximate surface area is 137 Å². The lowest BCUT2D eigenvalue weighted by molar-refractivity contribution is -0.114. The number of rotatable bonds is 4. The number of nitrogens with one attached hydrogen (secondary N) is 1. The average molecular weight is 340 g/mol. The summed E-state index contributed by atoms with van der Waals surface area (Å²) < 4.78 is 0. The molecule has 1 N–H and O–H groups in total. The third kappa shape index (κ3) is 5.56. The maximum atomic E-state index is 11.0. The summed E-state index contributed by atoms with van der Waals surface area (Å²) >= 11 is 1.52. The van der Waals surface area contributed by atoms with E-state index in [-0.39, 0.29) is 30.7 Å². The molecule has 2 heterocycles. The number of thiazole rings is 1. The average Bonchev–Trinajstić information content (AvgIpc) is 2.77. The molecule has 1 fully saturated rings. The largest absolute Gasteiger partial charge is 0.303 e. The topological polar surface area (TPSA) is 45.2 Å². The number of carbonyl (C=O) groups is 1. The predicted octanol–water partition coefficient (Wildman–Crippen LogP) is 3.53. The lowest BCUT2D eigenvalue weighted by Crippen LogP contribution is -2.34. The summed E-state index contributed by atoms with van der Waals surface area (Å²) in [4.78, 5) is 18.0. The molecule has 7 heteroatoms. The van der Waals surface area contributed by atoms with E-state index in [1.165, 1.54) is 50.6 Å². The standard InChI is InChI=1S/C13H21N3OS.2ClH/c1-3-6-16-7-4-5-11(8-16)12-9-18-13(15-12)14-10(2)17;;/h9,11H,3-8H2,1-2H3,(H,14,15,17);2*1H. The van der Waals surface area contributed by atoms with Crippen LogP contribution in [0, 0.1) is 0 Å². The molecule has 0 bridgehead atoms. The Kier molecular flexibility index (Phi) is 9.38. The van der Waals surface area contributed by atoms with Crippen molar-refractivity contribution in [1.29, 1.82) is 0 Å². The van der Waals surface area contributed by atoms with Crippen molar-refractivity contribution < 1.29 is 4.79 Å². The first-order chi connectivity index (χ1) is 8.69. The smallest absolute Gasteiger partial charge is 0.223 e. The minimum atomic E-state index is -0.0489. The highest BCUT2D eigenvalue weighted by Crippen LogP contribution is 2.29. The van der Waals surface area contributed by atoms with Crippen molar-refractivity contribution in [2.45, 2.75) is 39.0 Å². The normalized spacial score (nSPS) is 18.8. The molecule has 1 saturated heterocycles. The molecule has 1 amide bonds. The van der Waals surface area contributed by atoms with Gasteiger partial charge in [-0.25, -0.2) is 4.98 Å². The highest BCUT2D eigenvalue weighted by Gasteiger charge is 2.22. The zero-order valence-corrected chi connectivity index (χ0v) is 14.4. The number of nitrogens with zero attached hydrogens (tertiary/aromatic N) is 2. The van der Waals surface area contributed by atoms with E-state index in [1.54, 1.807) is 0 Å².